The van der Waals surface area contributed by atoms with Gasteiger partial charge >= 0.3 is 0 Å². The van der Waals surface area contributed by atoms with Crippen molar-refractivity contribution in [1.29, 1.82) is 0 Å². The highest BCUT2D eigenvalue weighted by molar-refractivity contribution is 5.79. The Kier molecular flexibility index (Phi) is 4.18. The van der Waals surface area contributed by atoms with Crippen LogP contribution in [0.25, 0.3) is 0 Å². The molecule has 92 valence electrons. The molecule has 2 rings (SSSR count). The molecule has 4 nitrogen and oxygen atoms in total. The van der Waals surface area contributed by atoms with Crippen LogP contribution >= 0.6 is 0 Å². The van der Waals surface area contributed by atoms with Crippen molar-refractivity contribution in [3.8, 4) is 0 Å². The van der Waals surface area contributed by atoms with Crippen molar-refractivity contribution in [3.63, 3.8) is 0 Å². The van der Waals surface area contributed by atoms with Crippen LogP contribution in [0.1, 0.15) is 32.6 Å². The van der Waals surface area contributed by atoms with Gasteiger partial charge in [0.25, 0.3) is 0 Å². The molecule has 0 aliphatic carbocycles. The number of carbonyl (C=O) groups is 1. The van der Waals surface area contributed by atoms with Crippen molar-refractivity contribution in [3.05, 3.63) is 0 Å². The molecule has 3 unspecified atom stereocenters. The molecule has 0 aromatic carbocycles. The fraction of sp³-hybridized carbons (Fsp3) is 0.917. The number of rotatable bonds is 2. The van der Waals surface area contributed by atoms with Crippen LogP contribution in [0.2, 0.25) is 0 Å². The molecule has 2 N–H and O–H groups in total. The normalized spacial score (nSPS) is 35.7. The summed E-state index contributed by atoms with van der Waals surface area (Å²) in [5, 5.41) is 6.53. The van der Waals surface area contributed by atoms with Gasteiger partial charge in [0.2, 0.25) is 5.91 Å². The highest BCUT2D eigenvalue weighted by atomic mass is 16.5. The first-order chi connectivity index (χ1) is 7.77. The predicted molar refractivity (Wildman–Crippen MR) is 62.2 cm³/mol. The number of ether oxygens (including phenoxy) is 1. The molecule has 2 fully saturated rings. The predicted octanol–water partition coefficient (Wildman–Crippen LogP) is 0.670. The van der Waals surface area contributed by atoms with Gasteiger partial charge < -0.3 is 15.4 Å². The van der Waals surface area contributed by atoms with E-state index in [1.165, 1.54) is 0 Å². The third kappa shape index (κ3) is 2.95. The Labute approximate surface area is 97.1 Å². The molecule has 0 saturated carbocycles. The third-order valence-electron chi connectivity index (χ3n) is 3.64. The van der Waals surface area contributed by atoms with Crippen molar-refractivity contribution >= 4 is 5.91 Å². The highest BCUT2D eigenvalue weighted by Gasteiger charge is 2.31. The van der Waals surface area contributed by atoms with Gasteiger partial charge in [0.1, 0.15) is 0 Å². The molecule has 1 amide bonds. The minimum atomic E-state index is 0.0659. The maximum absolute atomic E-state index is 12.0. The maximum atomic E-state index is 12.0. The summed E-state index contributed by atoms with van der Waals surface area (Å²) in [6.07, 6.45) is 4.26. The van der Waals surface area contributed by atoms with E-state index in [2.05, 4.69) is 10.6 Å². The Morgan fingerprint density at radius 2 is 2.19 bits per heavy atom. The first-order valence-corrected chi connectivity index (χ1v) is 6.40. The molecular formula is C12H22N2O2. The van der Waals surface area contributed by atoms with Crippen LogP contribution in [-0.4, -0.2) is 37.7 Å². The van der Waals surface area contributed by atoms with Crippen molar-refractivity contribution < 1.29 is 9.53 Å². The number of nitrogens with one attached hydrogen (secondary N) is 2. The van der Waals surface area contributed by atoms with E-state index in [4.69, 9.17) is 4.74 Å². The Morgan fingerprint density at radius 3 is 2.94 bits per heavy atom. The largest absolute Gasteiger partial charge is 0.378 e. The molecule has 2 aliphatic rings. The lowest BCUT2D eigenvalue weighted by molar-refractivity contribution is -0.127. The van der Waals surface area contributed by atoms with Crippen molar-refractivity contribution in [2.24, 2.45) is 5.92 Å². The fourth-order valence-electron chi connectivity index (χ4n) is 2.55. The van der Waals surface area contributed by atoms with Crippen LogP contribution in [0.15, 0.2) is 0 Å². The van der Waals surface area contributed by atoms with Crippen LogP contribution < -0.4 is 10.6 Å². The molecule has 2 heterocycles. The lowest BCUT2D eigenvalue weighted by atomic mass is 10.0. The first kappa shape index (κ1) is 11.9. The zero-order chi connectivity index (χ0) is 11.4. The molecule has 4 heteroatoms. The molecule has 0 spiro atoms. The van der Waals surface area contributed by atoms with Crippen molar-refractivity contribution in [1.82, 2.24) is 10.6 Å². The topological polar surface area (TPSA) is 50.4 Å². The smallest absolute Gasteiger partial charge is 0.226 e. The van der Waals surface area contributed by atoms with E-state index in [0.717, 1.165) is 45.4 Å². The molecule has 0 radical (unpaired) electrons. The Morgan fingerprint density at radius 1 is 1.31 bits per heavy atom. The Bertz CT molecular complexity index is 237. The van der Waals surface area contributed by atoms with E-state index in [9.17, 15) is 4.79 Å². The van der Waals surface area contributed by atoms with Gasteiger partial charge in [-0.05, 0) is 45.7 Å². The molecular weight excluding hydrogens is 204 g/mol. The summed E-state index contributed by atoms with van der Waals surface area (Å²) in [5.41, 5.74) is 0. The summed E-state index contributed by atoms with van der Waals surface area (Å²) in [7, 11) is 0. The van der Waals surface area contributed by atoms with E-state index < -0.39 is 0 Å². The highest BCUT2D eigenvalue weighted by Crippen LogP contribution is 2.21. The lowest BCUT2D eigenvalue weighted by Gasteiger charge is -2.20. The SMILES string of the molecule is CC1OCCC1C(=O)NC1CCCNCC1. The number of hydrogen-bond acceptors (Lipinski definition) is 3. The van der Waals surface area contributed by atoms with Gasteiger partial charge in [-0.25, -0.2) is 0 Å². The van der Waals surface area contributed by atoms with Crippen LogP contribution in [0.5, 0.6) is 0 Å². The Balaban J connectivity index is 1.81. The van der Waals surface area contributed by atoms with E-state index in [1.807, 2.05) is 6.92 Å². The van der Waals surface area contributed by atoms with Gasteiger partial charge in [-0.2, -0.15) is 0 Å². The quantitative estimate of drug-likeness (QED) is 0.727. The summed E-state index contributed by atoms with van der Waals surface area (Å²) in [6.45, 7) is 4.81. The minimum absolute atomic E-state index is 0.0659. The minimum Gasteiger partial charge on any atom is -0.378 e. The van der Waals surface area contributed by atoms with Gasteiger partial charge in [0.15, 0.2) is 0 Å². The molecule has 0 bridgehead atoms. The molecule has 0 aromatic heterocycles. The van der Waals surface area contributed by atoms with Gasteiger partial charge in [-0.15, -0.1) is 0 Å². The van der Waals surface area contributed by atoms with Crippen molar-refractivity contribution in [2.45, 2.75) is 44.8 Å². The van der Waals surface area contributed by atoms with Crippen LogP contribution in [0.3, 0.4) is 0 Å². The summed E-state index contributed by atoms with van der Waals surface area (Å²) >= 11 is 0. The summed E-state index contributed by atoms with van der Waals surface area (Å²) < 4.78 is 5.43. The van der Waals surface area contributed by atoms with Crippen molar-refractivity contribution in [2.75, 3.05) is 19.7 Å². The Hall–Kier alpha value is -0.610. The fourth-order valence-corrected chi connectivity index (χ4v) is 2.55. The second kappa shape index (κ2) is 5.64. The second-order valence-corrected chi connectivity index (χ2v) is 4.86. The van der Waals surface area contributed by atoms with Gasteiger partial charge in [-0.1, -0.05) is 0 Å². The average molecular weight is 226 g/mol. The second-order valence-electron chi connectivity index (χ2n) is 4.86. The maximum Gasteiger partial charge on any atom is 0.226 e. The molecule has 2 saturated heterocycles. The van der Waals surface area contributed by atoms with Gasteiger partial charge in [0, 0.05) is 12.6 Å². The zero-order valence-electron chi connectivity index (χ0n) is 10.00. The number of hydrogen-bond donors (Lipinski definition) is 2. The number of amides is 1. The van der Waals surface area contributed by atoms with Crippen LogP contribution in [0.4, 0.5) is 0 Å². The molecule has 2 aliphatic heterocycles. The van der Waals surface area contributed by atoms with E-state index in [-0.39, 0.29) is 17.9 Å². The average Bonchev–Trinajstić information content (AvgIpc) is 2.53. The van der Waals surface area contributed by atoms with E-state index >= 15 is 0 Å². The third-order valence-corrected chi connectivity index (χ3v) is 3.64. The first-order valence-electron chi connectivity index (χ1n) is 6.40. The van der Waals surface area contributed by atoms with Gasteiger partial charge in [-0.3, -0.25) is 4.79 Å². The summed E-state index contributed by atoms with van der Waals surface area (Å²) in [6, 6.07) is 0.357. The monoisotopic (exact) mass is 226 g/mol. The summed E-state index contributed by atoms with van der Waals surface area (Å²) in [5.74, 6) is 0.258. The van der Waals surface area contributed by atoms with Crippen LogP contribution in [-0.2, 0) is 9.53 Å². The molecule has 0 aromatic rings. The van der Waals surface area contributed by atoms with E-state index in [1.54, 1.807) is 0 Å². The van der Waals surface area contributed by atoms with E-state index in [0.29, 0.717) is 6.04 Å². The van der Waals surface area contributed by atoms with Gasteiger partial charge in [0.05, 0.1) is 12.0 Å². The van der Waals surface area contributed by atoms with Crippen LogP contribution in [0, 0.1) is 5.92 Å². The lowest BCUT2D eigenvalue weighted by Crippen LogP contribution is -2.41. The molecule has 3 atom stereocenters. The summed E-state index contributed by atoms with van der Waals surface area (Å²) in [4.78, 5) is 12.0. The zero-order valence-corrected chi connectivity index (χ0v) is 10.00. The standard InChI is InChI=1S/C12H22N2O2/c1-9-11(5-8-16-9)12(15)14-10-3-2-6-13-7-4-10/h9-11,13H,2-8H2,1H3,(H,14,15). The number of carbonyl (C=O) groups excluding carboxylic acids is 1. The molecule has 16 heavy (non-hydrogen) atoms.